The van der Waals surface area contributed by atoms with E-state index in [9.17, 15) is 4.79 Å². The third-order valence-electron chi connectivity index (χ3n) is 4.46. The smallest absolute Gasteiger partial charge is 0.229 e. The van der Waals surface area contributed by atoms with Gasteiger partial charge in [-0.1, -0.05) is 49.4 Å². The zero-order valence-electron chi connectivity index (χ0n) is 13.8. The van der Waals surface area contributed by atoms with E-state index >= 15 is 0 Å². The van der Waals surface area contributed by atoms with E-state index in [0.717, 1.165) is 29.7 Å². The van der Waals surface area contributed by atoms with Gasteiger partial charge in [-0.3, -0.25) is 4.79 Å². The summed E-state index contributed by atoms with van der Waals surface area (Å²) in [5.41, 5.74) is 3.60. The van der Waals surface area contributed by atoms with Crippen LogP contribution in [0.4, 0.5) is 0 Å². The lowest BCUT2D eigenvalue weighted by Gasteiger charge is -2.28. The van der Waals surface area contributed by atoms with Crippen molar-refractivity contribution in [2.24, 2.45) is 5.92 Å². The Bertz CT molecular complexity index is 678. The van der Waals surface area contributed by atoms with E-state index in [1.54, 1.807) is 0 Å². The minimum absolute atomic E-state index is 0.0928. The van der Waals surface area contributed by atoms with Crippen LogP contribution in [-0.4, -0.2) is 24.5 Å². The monoisotopic (exact) mass is 309 g/mol. The number of benzene rings is 2. The van der Waals surface area contributed by atoms with Crippen molar-refractivity contribution in [2.75, 3.05) is 13.7 Å². The van der Waals surface area contributed by atoms with Gasteiger partial charge in [0.2, 0.25) is 5.91 Å². The van der Waals surface area contributed by atoms with Crippen LogP contribution in [0.1, 0.15) is 23.6 Å². The van der Waals surface area contributed by atoms with Gasteiger partial charge in [0.1, 0.15) is 12.4 Å². The molecule has 0 N–H and O–H groups in total. The number of aryl methyl sites for hydroxylation is 1. The molecule has 0 bridgehead atoms. The standard InChI is InChI=1S/C20H23NO2/c1-3-15-8-10-16(11-9-15)13-21(2)20(22)18-12-17-6-4-5-7-19(17)23-14-18/h4-11,18H,3,12-14H2,1-2H3. The van der Waals surface area contributed by atoms with Gasteiger partial charge in [-0.25, -0.2) is 0 Å². The zero-order chi connectivity index (χ0) is 16.2. The van der Waals surface area contributed by atoms with Gasteiger partial charge in [0.15, 0.2) is 0 Å². The second-order valence-corrected chi connectivity index (χ2v) is 6.18. The van der Waals surface area contributed by atoms with Gasteiger partial charge >= 0.3 is 0 Å². The highest BCUT2D eigenvalue weighted by molar-refractivity contribution is 5.79. The molecule has 0 saturated heterocycles. The lowest BCUT2D eigenvalue weighted by molar-refractivity contribution is -0.136. The minimum atomic E-state index is -0.0928. The molecule has 0 saturated carbocycles. The summed E-state index contributed by atoms with van der Waals surface area (Å²) in [6, 6.07) is 16.4. The fourth-order valence-electron chi connectivity index (χ4n) is 3.03. The normalized spacial score (nSPS) is 16.3. The Morgan fingerprint density at radius 3 is 2.57 bits per heavy atom. The molecule has 1 amide bonds. The van der Waals surface area contributed by atoms with Gasteiger partial charge in [-0.05, 0) is 35.6 Å². The molecule has 0 aliphatic carbocycles. The van der Waals surface area contributed by atoms with E-state index in [-0.39, 0.29) is 11.8 Å². The van der Waals surface area contributed by atoms with Crippen molar-refractivity contribution in [2.45, 2.75) is 26.3 Å². The Morgan fingerprint density at radius 1 is 1.13 bits per heavy atom. The molecule has 2 aromatic rings. The molecular formula is C20H23NO2. The molecule has 0 fully saturated rings. The lowest BCUT2D eigenvalue weighted by atomic mass is 9.95. The van der Waals surface area contributed by atoms with Gasteiger partial charge in [-0.2, -0.15) is 0 Å². The average Bonchev–Trinajstić information content (AvgIpc) is 2.61. The van der Waals surface area contributed by atoms with Crippen LogP contribution in [0.3, 0.4) is 0 Å². The predicted molar refractivity (Wildman–Crippen MR) is 91.4 cm³/mol. The summed E-state index contributed by atoms with van der Waals surface area (Å²) in [5.74, 6) is 0.971. The largest absolute Gasteiger partial charge is 0.492 e. The summed E-state index contributed by atoms with van der Waals surface area (Å²) in [4.78, 5) is 14.5. The number of ether oxygens (including phenoxy) is 1. The second-order valence-electron chi connectivity index (χ2n) is 6.18. The summed E-state index contributed by atoms with van der Waals surface area (Å²) in [6.45, 7) is 3.25. The predicted octanol–water partition coefficient (Wildman–Crippen LogP) is 3.46. The quantitative estimate of drug-likeness (QED) is 0.865. The number of amides is 1. The highest BCUT2D eigenvalue weighted by atomic mass is 16.5. The second kappa shape index (κ2) is 6.86. The molecule has 3 heteroatoms. The van der Waals surface area contributed by atoms with E-state index in [4.69, 9.17) is 4.74 Å². The highest BCUT2D eigenvalue weighted by Crippen LogP contribution is 2.27. The average molecular weight is 309 g/mol. The number of hydrogen-bond donors (Lipinski definition) is 0. The molecular weight excluding hydrogens is 286 g/mol. The van der Waals surface area contributed by atoms with Crippen LogP contribution < -0.4 is 4.74 Å². The Kier molecular flexibility index (Phi) is 4.65. The summed E-state index contributed by atoms with van der Waals surface area (Å²) in [6.07, 6.45) is 1.79. The van der Waals surface area contributed by atoms with Crippen molar-refractivity contribution < 1.29 is 9.53 Å². The Morgan fingerprint density at radius 2 is 1.83 bits per heavy atom. The Hall–Kier alpha value is -2.29. The fourth-order valence-corrected chi connectivity index (χ4v) is 3.03. The summed E-state index contributed by atoms with van der Waals surface area (Å²) < 4.78 is 5.74. The molecule has 23 heavy (non-hydrogen) atoms. The van der Waals surface area contributed by atoms with E-state index in [1.165, 1.54) is 5.56 Å². The lowest BCUT2D eigenvalue weighted by Crippen LogP contribution is -2.38. The summed E-state index contributed by atoms with van der Waals surface area (Å²) >= 11 is 0. The summed E-state index contributed by atoms with van der Waals surface area (Å²) in [7, 11) is 1.87. The van der Waals surface area contributed by atoms with Crippen LogP contribution >= 0.6 is 0 Å². The van der Waals surface area contributed by atoms with Crippen LogP contribution in [0.5, 0.6) is 5.75 Å². The van der Waals surface area contributed by atoms with E-state index in [2.05, 4.69) is 31.2 Å². The number of carbonyl (C=O) groups excluding carboxylic acids is 1. The molecule has 1 aliphatic heterocycles. The molecule has 0 aromatic heterocycles. The van der Waals surface area contributed by atoms with Crippen molar-refractivity contribution >= 4 is 5.91 Å². The van der Waals surface area contributed by atoms with E-state index in [1.807, 2.05) is 36.2 Å². The van der Waals surface area contributed by atoms with Crippen molar-refractivity contribution in [1.29, 1.82) is 0 Å². The van der Waals surface area contributed by atoms with Gasteiger partial charge in [0, 0.05) is 13.6 Å². The van der Waals surface area contributed by atoms with Crippen LogP contribution in [0.2, 0.25) is 0 Å². The first-order valence-corrected chi connectivity index (χ1v) is 8.21. The van der Waals surface area contributed by atoms with Crippen molar-refractivity contribution in [1.82, 2.24) is 4.90 Å². The third kappa shape index (κ3) is 3.55. The first kappa shape index (κ1) is 15.6. The minimum Gasteiger partial charge on any atom is -0.492 e. The molecule has 1 heterocycles. The van der Waals surface area contributed by atoms with Gasteiger partial charge in [0.25, 0.3) is 0 Å². The number of fused-ring (bicyclic) bond motifs is 1. The molecule has 3 rings (SSSR count). The fraction of sp³-hybridized carbons (Fsp3) is 0.350. The Balaban J connectivity index is 1.63. The maximum atomic E-state index is 12.7. The van der Waals surface area contributed by atoms with Crippen molar-refractivity contribution in [3.63, 3.8) is 0 Å². The van der Waals surface area contributed by atoms with Crippen LogP contribution in [0.15, 0.2) is 48.5 Å². The molecule has 1 atom stereocenters. The maximum Gasteiger partial charge on any atom is 0.229 e. The van der Waals surface area contributed by atoms with Crippen molar-refractivity contribution in [3.05, 3.63) is 65.2 Å². The van der Waals surface area contributed by atoms with Gasteiger partial charge in [-0.15, -0.1) is 0 Å². The molecule has 0 radical (unpaired) electrons. The number of nitrogens with zero attached hydrogens (tertiary/aromatic N) is 1. The van der Waals surface area contributed by atoms with Crippen LogP contribution in [-0.2, 0) is 24.2 Å². The molecule has 1 unspecified atom stereocenters. The first-order valence-electron chi connectivity index (χ1n) is 8.21. The van der Waals surface area contributed by atoms with E-state index < -0.39 is 0 Å². The number of hydrogen-bond acceptors (Lipinski definition) is 2. The van der Waals surface area contributed by atoms with Crippen LogP contribution in [0, 0.1) is 5.92 Å². The van der Waals surface area contributed by atoms with Crippen molar-refractivity contribution in [3.8, 4) is 5.75 Å². The van der Waals surface area contributed by atoms with Gasteiger partial charge < -0.3 is 9.64 Å². The Labute approximate surface area is 137 Å². The third-order valence-corrected chi connectivity index (χ3v) is 4.46. The molecule has 3 nitrogen and oxygen atoms in total. The first-order chi connectivity index (χ1) is 11.2. The zero-order valence-corrected chi connectivity index (χ0v) is 13.8. The van der Waals surface area contributed by atoms with E-state index in [0.29, 0.717) is 13.2 Å². The molecule has 2 aromatic carbocycles. The molecule has 120 valence electrons. The number of carbonyl (C=O) groups is 1. The summed E-state index contributed by atoms with van der Waals surface area (Å²) in [5, 5.41) is 0. The molecule has 0 spiro atoms. The number of para-hydroxylation sites is 1. The van der Waals surface area contributed by atoms with Crippen LogP contribution in [0.25, 0.3) is 0 Å². The number of rotatable bonds is 4. The highest BCUT2D eigenvalue weighted by Gasteiger charge is 2.28. The van der Waals surface area contributed by atoms with Gasteiger partial charge in [0.05, 0.1) is 5.92 Å². The maximum absolute atomic E-state index is 12.7. The topological polar surface area (TPSA) is 29.5 Å². The molecule has 1 aliphatic rings. The SMILES string of the molecule is CCc1ccc(CN(C)C(=O)C2COc3ccccc3C2)cc1.